The van der Waals surface area contributed by atoms with Gasteiger partial charge in [0.1, 0.15) is 11.5 Å². The fraction of sp³-hybridized carbons (Fsp3) is 0.360. The molecule has 1 fully saturated rings. The summed E-state index contributed by atoms with van der Waals surface area (Å²) in [7, 11) is 1.92. The van der Waals surface area contributed by atoms with Gasteiger partial charge < -0.3 is 10.2 Å². The molecule has 1 N–H and O–H groups in total. The van der Waals surface area contributed by atoms with Gasteiger partial charge in [0.05, 0.1) is 4.88 Å². The van der Waals surface area contributed by atoms with Gasteiger partial charge in [0, 0.05) is 38.3 Å². The lowest BCUT2D eigenvalue weighted by molar-refractivity contribution is 0.0950. The lowest BCUT2D eigenvalue weighted by atomic mass is 10.1. The van der Waals surface area contributed by atoms with Crippen molar-refractivity contribution >= 4 is 34.1 Å². The summed E-state index contributed by atoms with van der Waals surface area (Å²) in [6.07, 6.45) is 6.75. The fourth-order valence-corrected chi connectivity index (χ4v) is 5.16. The third-order valence-corrected chi connectivity index (χ3v) is 7.24. The molecule has 8 heteroatoms. The normalized spacial score (nSPS) is 14.4. The Labute approximate surface area is 197 Å². The van der Waals surface area contributed by atoms with Gasteiger partial charge in [-0.15, -0.1) is 11.3 Å². The number of anilines is 1. The van der Waals surface area contributed by atoms with Gasteiger partial charge in [0.2, 0.25) is 0 Å². The van der Waals surface area contributed by atoms with Crippen molar-refractivity contribution in [3.63, 3.8) is 0 Å². The third kappa shape index (κ3) is 4.48. The quantitative estimate of drug-likeness (QED) is 0.467. The van der Waals surface area contributed by atoms with Crippen LogP contribution in [0.15, 0.2) is 42.6 Å². The second-order valence-electron chi connectivity index (χ2n) is 8.55. The highest BCUT2D eigenvalue weighted by atomic mass is 32.1. The Hall–Kier alpha value is -3.26. The van der Waals surface area contributed by atoms with Crippen LogP contribution in [-0.2, 0) is 13.6 Å². The van der Waals surface area contributed by atoms with E-state index in [9.17, 15) is 4.79 Å². The first-order valence-corrected chi connectivity index (χ1v) is 12.3. The van der Waals surface area contributed by atoms with Crippen molar-refractivity contribution in [3.8, 4) is 10.6 Å². The number of hydrogen-bond donors (Lipinski definition) is 1. The van der Waals surface area contributed by atoms with Crippen molar-refractivity contribution in [1.29, 1.82) is 0 Å². The van der Waals surface area contributed by atoms with Gasteiger partial charge in [-0.3, -0.25) is 4.79 Å². The van der Waals surface area contributed by atoms with Gasteiger partial charge in [0.15, 0.2) is 10.7 Å². The van der Waals surface area contributed by atoms with E-state index in [0.29, 0.717) is 11.6 Å². The summed E-state index contributed by atoms with van der Waals surface area (Å²) < 4.78 is 1.82. The zero-order valence-electron chi connectivity index (χ0n) is 19.0. The topological polar surface area (TPSA) is 75.9 Å². The van der Waals surface area contributed by atoms with Gasteiger partial charge in [-0.2, -0.15) is 5.10 Å². The summed E-state index contributed by atoms with van der Waals surface area (Å²) >= 11 is 1.36. The van der Waals surface area contributed by atoms with Crippen molar-refractivity contribution in [2.75, 3.05) is 18.0 Å². The standard InChI is InChI=1S/C25H28N6OS/c1-17-9-5-6-10-18(17)15-26-24(32)25-27-16-20(33-25)22-19-11-12-21(28-23(19)30(2)29-22)31-13-7-3-4-8-14-31/h5-6,9-12,16H,3-4,7-8,13-15H2,1-2H3,(H,26,32). The van der Waals surface area contributed by atoms with Crippen molar-refractivity contribution < 1.29 is 4.79 Å². The van der Waals surface area contributed by atoms with E-state index in [4.69, 9.17) is 10.1 Å². The largest absolute Gasteiger partial charge is 0.357 e. The van der Waals surface area contributed by atoms with Crippen LogP contribution >= 0.6 is 11.3 Å². The molecule has 0 unspecified atom stereocenters. The summed E-state index contributed by atoms with van der Waals surface area (Å²) in [6, 6.07) is 12.2. The molecular formula is C25H28N6OS. The molecule has 7 nitrogen and oxygen atoms in total. The number of nitrogens with one attached hydrogen (secondary N) is 1. The fourth-order valence-electron chi connectivity index (χ4n) is 4.33. The molecular weight excluding hydrogens is 432 g/mol. The lowest BCUT2D eigenvalue weighted by Crippen LogP contribution is -2.24. The molecule has 0 radical (unpaired) electrons. The van der Waals surface area contributed by atoms with Gasteiger partial charge >= 0.3 is 0 Å². The average Bonchev–Trinajstić information content (AvgIpc) is 3.33. The maximum atomic E-state index is 12.7. The Morgan fingerprint density at radius 1 is 1.09 bits per heavy atom. The molecule has 0 aliphatic carbocycles. The highest BCUT2D eigenvalue weighted by molar-refractivity contribution is 7.17. The first kappa shape index (κ1) is 21.6. The molecule has 0 bridgehead atoms. The second kappa shape index (κ2) is 9.31. The first-order chi connectivity index (χ1) is 16.1. The molecule has 33 heavy (non-hydrogen) atoms. The van der Waals surface area contributed by atoms with Crippen molar-refractivity contribution in [1.82, 2.24) is 25.1 Å². The highest BCUT2D eigenvalue weighted by Gasteiger charge is 2.19. The summed E-state index contributed by atoms with van der Waals surface area (Å²) in [6.45, 7) is 4.63. The Kier molecular flexibility index (Phi) is 6.09. The predicted molar refractivity (Wildman–Crippen MR) is 133 cm³/mol. The summed E-state index contributed by atoms with van der Waals surface area (Å²) in [5.41, 5.74) is 3.93. The lowest BCUT2D eigenvalue weighted by Gasteiger charge is -2.21. The van der Waals surface area contributed by atoms with E-state index in [1.54, 1.807) is 6.20 Å². The number of fused-ring (bicyclic) bond motifs is 1. The Morgan fingerprint density at radius 2 is 1.88 bits per heavy atom. The van der Waals surface area contributed by atoms with Gasteiger partial charge in [0.25, 0.3) is 5.91 Å². The number of aryl methyl sites for hydroxylation is 2. The highest BCUT2D eigenvalue weighted by Crippen LogP contribution is 2.32. The van der Waals surface area contributed by atoms with Crippen molar-refractivity contribution in [2.45, 2.75) is 39.2 Å². The maximum absolute atomic E-state index is 12.7. The first-order valence-electron chi connectivity index (χ1n) is 11.5. The zero-order chi connectivity index (χ0) is 22.8. The third-order valence-electron chi connectivity index (χ3n) is 6.24. The molecule has 0 atom stereocenters. The van der Waals surface area contributed by atoms with Crippen molar-refractivity contribution in [2.24, 2.45) is 7.05 Å². The van der Waals surface area contributed by atoms with Gasteiger partial charge in [-0.1, -0.05) is 37.1 Å². The van der Waals surface area contributed by atoms with Crippen LogP contribution in [0.1, 0.15) is 46.6 Å². The molecule has 4 heterocycles. The number of hydrogen-bond acceptors (Lipinski definition) is 6. The molecule has 1 amide bonds. The van der Waals surface area contributed by atoms with Crippen LogP contribution in [0.25, 0.3) is 21.6 Å². The molecule has 1 aliphatic rings. The van der Waals surface area contributed by atoms with Crippen LogP contribution in [0.3, 0.4) is 0 Å². The molecule has 4 aromatic rings. The maximum Gasteiger partial charge on any atom is 0.280 e. The molecule has 3 aromatic heterocycles. The van der Waals surface area contributed by atoms with E-state index < -0.39 is 0 Å². The molecule has 0 saturated carbocycles. The molecule has 1 aliphatic heterocycles. The minimum atomic E-state index is -0.170. The van der Waals surface area contributed by atoms with E-state index in [-0.39, 0.29) is 5.91 Å². The number of carbonyl (C=O) groups excluding carboxylic acids is 1. The number of rotatable bonds is 5. The minimum absolute atomic E-state index is 0.170. The van der Waals surface area contributed by atoms with Crippen LogP contribution < -0.4 is 10.2 Å². The average molecular weight is 461 g/mol. The SMILES string of the molecule is Cc1ccccc1CNC(=O)c1ncc(-c2nn(C)c3nc(N4CCCCCC4)ccc23)s1. The number of amides is 1. The molecule has 170 valence electrons. The van der Waals surface area contributed by atoms with E-state index in [0.717, 1.165) is 51.6 Å². The Bertz CT molecular complexity index is 1290. The number of benzene rings is 1. The number of carbonyl (C=O) groups is 1. The number of thiazole rings is 1. The van der Waals surface area contributed by atoms with Crippen molar-refractivity contribution in [3.05, 3.63) is 58.7 Å². The van der Waals surface area contributed by atoms with E-state index >= 15 is 0 Å². The monoisotopic (exact) mass is 460 g/mol. The van der Waals surface area contributed by atoms with Gasteiger partial charge in [-0.25, -0.2) is 14.6 Å². The minimum Gasteiger partial charge on any atom is -0.357 e. The van der Waals surface area contributed by atoms with E-state index in [1.807, 2.05) is 42.9 Å². The van der Waals surface area contributed by atoms with E-state index in [2.05, 4.69) is 27.3 Å². The summed E-state index contributed by atoms with van der Waals surface area (Å²) in [5.74, 6) is 0.843. The smallest absolute Gasteiger partial charge is 0.280 e. The summed E-state index contributed by atoms with van der Waals surface area (Å²) in [4.78, 5) is 25.2. The second-order valence-corrected chi connectivity index (χ2v) is 9.58. The predicted octanol–water partition coefficient (Wildman–Crippen LogP) is 4.71. The van der Waals surface area contributed by atoms with Crippen LogP contribution in [0, 0.1) is 6.92 Å². The number of aromatic nitrogens is 4. The van der Waals surface area contributed by atoms with Crippen LogP contribution in [0.4, 0.5) is 5.82 Å². The molecule has 0 spiro atoms. The number of nitrogens with zero attached hydrogens (tertiary/aromatic N) is 5. The Morgan fingerprint density at radius 3 is 2.67 bits per heavy atom. The Balaban J connectivity index is 1.36. The molecule has 1 saturated heterocycles. The van der Waals surface area contributed by atoms with Crippen LogP contribution in [0.5, 0.6) is 0 Å². The van der Waals surface area contributed by atoms with Crippen LogP contribution in [-0.4, -0.2) is 38.7 Å². The zero-order valence-corrected chi connectivity index (χ0v) is 19.9. The van der Waals surface area contributed by atoms with E-state index in [1.165, 1.54) is 37.0 Å². The summed E-state index contributed by atoms with van der Waals surface area (Å²) in [5, 5.41) is 9.11. The molecule has 1 aromatic carbocycles. The van der Waals surface area contributed by atoms with Crippen LogP contribution in [0.2, 0.25) is 0 Å². The number of pyridine rings is 1. The molecule has 5 rings (SSSR count). The van der Waals surface area contributed by atoms with Gasteiger partial charge in [-0.05, 0) is 43.0 Å².